The van der Waals surface area contributed by atoms with Gasteiger partial charge < -0.3 is 10.2 Å². The lowest BCUT2D eigenvalue weighted by Gasteiger charge is -2.33. The fraction of sp³-hybridized carbons (Fsp3) is 0.500. The Morgan fingerprint density at radius 1 is 1.33 bits per heavy atom. The first-order valence-corrected chi connectivity index (χ1v) is 7.25. The number of nitrogens with zero attached hydrogens (tertiary/aromatic N) is 1. The van der Waals surface area contributed by atoms with Crippen molar-refractivity contribution in [2.45, 2.75) is 39.3 Å². The van der Waals surface area contributed by atoms with Gasteiger partial charge in [-0.05, 0) is 26.6 Å². The number of terminal acetylenes is 1. The van der Waals surface area contributed by atoms with E-state index in [-0.39, 0.29) is 18.0 Å². The zero-order valence-corrected chi connectivity index (χ0v) is 13.7. The summed E-state index contributed by atoms with van der Waals surface area (Å²) in [7, 11) is 4.04. The van der Waals surface area contributed by atoms with Crippen LogP contribution in [0, 0.1) is 17.8 Å². The van der Waals surface area contributed by atoms with Gasteiger partial charge in [0.15, 0.2) is 0 Å². The summed E-state index contributed by atoms with van der Waals surface area (Å²) in [5.41, 5.74) is 0.640. The standard InChI is InChI=1S/C18H26N2O/c1-7-13-18(3,4)17(21)19-14(2)16(20(5)6)15-11-9-8-10-12-15/h1,8-12,14,16H,13H2,2-6H3,(H,19,21)/t14-,16-/m1/s1. The molecule has 0 saturated carbocycles. The molecule has 0 spiro atoms. The fourth-order valence-electron chi connectivity index (χ4n) is 2.50. The van der Waals surface area contributed by atoms with Crippen LogP contribution in [-0.4, -0.2) is 30.9 Å². The van der Waals surface area contributed by atoms with Gasteiger partial charge in [0.2, 0.25) is 5.91 Å². The van der Waals surface area contributed by atoms with Gasteiger partial charge in [-0.25, -0.2) is 0 Å². The van der Waals surface area contributed by atoms with Crippen LogP contribution in [0.4, 0.5) is 0 Å². The van der Waals surface area contributed by atoms with E-state index < -0.39 is 5.41 Å². The zero-order valence-electron chi connectivity index (χ0n) is 13.7. The van der Waals surface area contributed by atoms with Crippen LogP contribution in [0.2, 0.25) is 0 Å². The van der Waals surface area contributed by atoms with Crippen LogP contribution in [0.1, 0.15) is 38.8 Å². The Morgan fingerprint density at radius 2 is 1.90 bits per heavy atom. The third kappa shape index (κ3) is 4.61. The molecule has 2 atom stereocenters. The maximum absolute atomic E-state index is 12.4. The fourth-order valence-corrected chi connectivity index (χ4v) is 2.50. The summed E-state index contributed by atoms with van der Waals surface area (Å²) in [6, 6.07) is 10.3. The first-order valence-electron chi connectivity index (χ1n) is 7.25. The first-order chi connectivity index (χ1) is 9.79. The van der Waals surface area contributed by atoms with Crippen LogP contribution >= 0.6 is 0 Å². The number of benzene rings is 1. The van der Waals surface area contributed by atoms with E-state index in [1.807, 2.05) is 53.1 Å². The normalized spacial score (nSPS) is 14.3. The maximum Gasteiger partial charge on any atom is 0.226 e. The molecule has 0 radical (unpaired) electrons. The van der Waals surface area contributed by atoms with Gasteiger partial charge in [0.05, 0.1) is 11.5 Å². The molecular weight excluding hydrogens is 260 g/mol. The van der Waals surface area contributed by atoms with E-state index in [9.17, 15) is 4.79 Å². The lowest BCUT2D eigenvalue weighted by molar-refractivity contribution is -0.130. The van der Waals surface area contributed by atoms with Crippen molar-refractivity contribution in [3.63, 3.8) is 0 Å². The Bertz CT molecular complexity index is 500. The van der Waals surface area contributed by atoms with Gasteiger partial charge in [0.1, 0.15) is 0 Å². The van der Waals surface area contributed by atoms with E-state index >= 15 is 0 Å². The number of likely N-dealkylation sites (N-methyl/N-ethyl adjacent to an activating group) is 1. The van der Waals surface area contributed by atoms with Crippen molar-refractivity contribution < 1.29 is 4.79 Å². The molecule has 3 nitrogen and oxygen atoms in total. The van der Waals surface area contributed by atoms with Gasteiger partial charge in [0, 0.05) is 12.5 Å². The number of hydrogen-bond acceptors (Lipinski definition) is 2. The molecule has 1 aromatic carbocycles. The average Bonchev–Trinajstić information content (AvgIpc) is 2.39. The minimum atomic E-state index is -0.545. The van der Waals surface area contributed by atoms with Crippen molar-refractivity contribution in [1.82, 2.24) is 10.2 Å². The smallest absolute Gasteiger partial charge is 0.226 e. The van der Waals surface area contributed by atoms with Crippen molar-refractivity contribution in [1.29, 1.82) is 0 Å². The monoisotopic (exact) mass is 286 g/mol. The van der Waals surface area contributed by atoms with Crippen molar-refractivity contribution >= 4 is 5.91 Å². The molecule has 0 saturated heterocycles. The van der Waals surface area contributed by atoms with E-state index in [2.05, 4.69) is 28.3 Å². The van der Waals surface area contributed by atoms with E-state index in [4.69, 9.17) is 6.42 Å². The first kappa shape index (κ1) is 17.3. The van der Waals surface area contributed by atoms with Crippen LogP contribution in [0.5, 0.6) is 0 Å². The van der Waals surface area contributed by atoms with E-state index in [0.717, 1.165) is 0 Å². The lowest BCUT2D eigenvalue weighted by atomic mass is 9.88. The third-order valence-electron chi connectivity index (χ3n) is 3.69. The second kappa shape index (κ2) is 7.28. The van der Waals surface area contributed by atoms with Crippen LogP contribution < -0.4 is 5.32 Å². The second-order valence-electron chi connectivity index (χ2n) is 6.35. The largest absolute Gasteiger partial charge is 0.351 e. The summed E-state index contributed by atoms with van der Waals surface area (Å²) in [5, 5.41) is 3.11. The van der Waals surface area contributed by atoms with Crippen LogP contribution in [-0.2, 0) is 4.79 Å². The Labute approximate surface area is 128 Å². The van der Waals surface area contributed by atoms with E-state index in [1.54, 1.807) is 0 Å². The highest BCUT2D eigenvalue weighted by Gasteiger charge is 2.30. The minimum absolute atomic E-state index is 0.00395. The SMILES string of the molecule is C#CCC(C)(C)C(=O)N[C@H](C)[C@H](c1ccccc1)N(C)C. The quantitative estimate of drug-likeness (QED) is 0.816. The number of rotatable bonds is 6. The minimum Gasteiger partial charge on any atom is -0.351 e. The molecule has 1 rings (SSSR count). The predicted octanol–water partition coefficient (Wildman–Crippen LogP) is 2.84. The number of nitrogens with one attached hydrogen (secondary N) is 1. The maximum atomic E-state index is 12.4. The molecule has 0 unspecified atom stereocenters. The van der Waals surface area contributed by atoms with Crippen molar-refractivity contribution in [3.05, 3.63) is 35.9 Å². The van der Waals surface area contributed by atoms with Crippen molar-refractivity contribution in [2.24, 2.45) is 5.41 Å². The van der Waals surface area contributed by atoms with Gasteiger partial charge in [0.25, 0.3) is 0 Å². The predicted molar refractivity (Wildman–Crippen MR) is 87.7 cm³/mol. The molecule has 0 aliphatic carbocycles. The summed E-state index contributed by atoms with van der Waals surface area (Å²) >= 11 is 0. The summed E-state index contributed by atoms with van der Waals surface area (Å²) in [5.74, 6) is 2.57. The molecule has 21 heavy (non-hydrogen) atoms. The van der Waals surface area contributed by atoms with Crippen LogP contribution in [0.3, 0.4) is 0 Å². The van der Waals surface area contributed by atoms with Gasteiger partial charge in [-0.1, -0.05) is 44.2 Å². The topological polar surface area (TPSA) is 32.3 Å². The third-order valence-corrected chi connectivity index (χ3v) is 3.69. The van der Waals surface area contributed by atoms with Gasteiger partial charge >= 0.3 is 0 Å². The number of carbonyl (C=O) groups excluding carboxylic acids is 1. The Balaban J connectivity index is 2.87. The van der Waals surface area contributed by atoms with Crippen molar-refractivity contribution in [2.75, 3.05) is 14.1 Å². The van der Waals surface area contributed by atoms with E-state index in [0.29, 0.717) is 6.42 Å². The number of carbonyl (C=O) groups is 1. The lowest BCUT2D eigenvalue weighted by Crippen LogP contribution is -2.47. The molecule has 0 bridgehead atoms. The molecule has 3 heteroatoms. The Hall–Kier alpha value is -1.79. The molecule has 1 amide bonds. The average molecular weight is 286 g/mol. The van der Waals surface area contributed by atoms with Gasteiger partial charge in [-0.15, -0.1) is 12.3 Å². The number of hydrogen-bond donors (Lipinski definition) is 1. The molecular formula is C18H26N2O. The number of amides is 1. The van der Waals surface area contributed by atoms with E-state index in [1.165, 1.54) is 5.56 Å². The Morgan fingerprint density at radius 3 is 2.38 bits per heavy atom. The molecule has 0 heterocycles. The highest BCUT2D eigenvalue weighted by molar-refractivity contribution is 5.82. The van der Waals surface area contributed by atoms with Crippen molar-refractivity contribution in [3.8, 4) is 12.3 Å². The molecule has 0 aliphatic heterocycles. The highest BCUT2D eigenvalue weighted by atomic mass is 16.2. The molecule has 0 aliphatic rings. The highest BCUT2D eigenvalue weighted by Crippen LogP contribution is 2.24. The summed E-state index contributed by atoms with van der Waals surface area (Å²) in [6.45, 7) is 5.78. The Kier molecular flexibility index (Phi) is 5.99. The summed E-state index contributed by atoms with van der Waals surface area (Å²) in [6.07, 6.45) is 5.78. The molecule has 0 aromatic heterocycles. The van der Waals surface area contributed by atoms with Gasteiger partial charge in [-0.3, -0.25) is 4.79 Å². The molecule has 1 aromatic rings. The molecule has 0 fully saturated rings. The van der Waals surface area contributed by atoms with Crippen LogP contribution in [0.25, 0.3) is 0 Å². The second-order valence-corrected chi connectivity index (χ2v) is 6.35. The summed E-state index contributed by atoms with van der Waals surface area (Å²) < 4.78 is 0. The summed E-state index contributed by atoms with van der Waals surface area (Å²) in [4.78, 5) is 14.5. The molecule has 1 N–H and O–H groups in total. The van der Waals surface area contributed by atoms with Gasteiger partial charge in [-0.2, -0.15) is 0 Å². The molecule has 114 valence electrons. The zero-order chi connectivity index (χ0) is 16.0. The van der Waals surface area contributed by atoms with Crippen LogP contribution in [0.15, 0.2) is 30.3 Å².